The van der Waals surface area contributed by atoms with E-state index in [1.807, 2.05) is 11.8 Å². The summed E-state index contributed by atoms with van der Waals surface area (Å²) in [6.07, 6.45) is 3.72. The fraction of sp³-hybridized carbons (Fsp3) is 0.929. The molecule has 1 aliphatic rings. The molecule has 18 heavy (non-hydrogen) atoms. The van der Waals surface area contributed by atoms with Crippen LogP contribution in [0.4, 0.5) is 0 Å². The maximum atomic E-state index is 6.04. The number of nitrogens with two attached hydrogens (primary N) is 1. The Bertz CT molecular complexity index is 253. The van der Waals surface area contributed by atoms with E-state index < -0.39 is 0 Å². The summed E-state index contributed by atoms with van der Waals surface area (Å²) in [7, 11) is 0. The number of hydrogen-bond donors (Lipinski definition) is 1. The third-order valence-corrected chi connectivity index (χ3v) is 4.63. The largest absolute Gasteiger partial charge is 0.370 e. The molecule has 0 spiro atoms. The Balaban J connectivity index is 2.13. The molecule has 1 rings (SSSR count). The number of rotatable bonds is 6. The van der Waals surface area contributed by atoms with Crippen LogP contribution in [0, 0.1) is 11.8 Å². The third-order valence-electron chi connectivity index (χ3n) is 3.15. The van der Waals surface area contributed by atoms with Gasteiger partial charge in [0.25, 0.3) is 0 Å². The normalized spacial score (nSPS) is 21.7. The van der Waals surface area contributed by atoms with Crippen molar-refractivity contribution in [3.63, 3.8) is 0 Å². The van der Waals surface area contributed by atoms with E-state index >= 15 is 0 Å². The van der Waals surface area contributed by atoms with Crippen LogP contribution in [-0.4, -0.2) is 42.0 Å². The number of piperidine rings is 1. The Morgan fingerprint density at radius 2 is 2.28 bits per heavy atom. The molecule has 1 saturated heterocycles. The van der Waals surface area contributed by atoms with E-state index in [-0.39, 0.29) is 0 Å². The van der Waals surface area contributed by atoms with Gasteiger partial charge in [0.15, 0.2) is 5.96 Å². The van der Waals surface area contributed by atoms with Gasteiger partial charge in [-0.15, -0.1) is 0 Å². The fourth-order valence-corrected chi connectivity index (χ4v) is 3.15. The molecule has 1 aliphatic heterocycles. The number of nitrogens with zero attached hydrogens (tertiary/aromatic N) is 2. The second-order valence-corrected chi connectivity index (χ2v) is 6.91. The van der Waals surface area contributed by atoms with Crippen LogP contribution in [0.2, 0.25) is 0 Å². The van der Waals surface area contributed by atoms with Crippen LogP contribution < -0.4 is 5.73 Å². The van der Waals surface area contributed by atoms with E-state index in [4.69, 9.17) is 5.73 Å². The van der Waals surface area contributed by atoms with Gasteiger partial charge in [-0.05, 0) is 42.6 Å². The first-order valence-corrected chi connectivity index (χ1v) is 8.37. The summed E-state index contributed by atoms with van der Waals surface area (Å²) < 4.78 is 0. The molecule has 1 atom stereocenters. The van der Waals surface area contributed by atoms with Crippen molar-refractivity contribution >= 4 is 17.7 Å². The van der Waals surface area contributed by atoms with Crippen molar-refractivity contribution in [3.05, 3.63) is 0 Å². The zero-order valence-corrected chi connectivity index (χ0v) is 13.0. The van der Waals surface area contributed by atoms with Gasteiger partial charge in [-0.25, -0.2) is 0 Å². The van der Waals surface area contributed by atoms with Gasteiger partial charge in [0.2, 0.25) is 0 Å². The molecule has 0 bridgehead atoms. The molecular weight excluding hydrogens is 242 g/mol. The Morgan fingerprint density at radius 3 is 2.94 bits per heavy atom. The maximum absolute atomic E-state index is 6.04. The highest BCUT2D eigenvalue weighted by molar-refractivity contribution is 7.99. The zero-order valence-electron chi connectivity index (χ0n) is 12.2. The summed E-state index contributed by atoms with van der Waals surface area (Å²) in [5.41, 5.74) is 6.04. The topological polar surface area (TPSA) is 41.6 Å². The number of guanidine groups is 1. The number of hydrogen-bond acceptors (Lipinski definition) is 2. The van der Waals surface area contributed by atoms with Crippen molar-refractivity contribution in [1.82, 2.24) is 4.90 Å². The van der Waals surface area contributed by atoms with Crippen LogP contribution >= 0.6 is 11.8 Å². The van der Waals surface area contributed by atoms with E-state index in [2.05, 4.69) is 30.7 Å². The van der Waals surface area contributed by atoms with E-state index in [0.29, 0.717) is 0 Å². The van der Waals surface area contributed by atoms with Gasteiger partial charge < -0.3 is 10.6 Å². The first kappa shape index (κ1) is 15.7. The monoisotopic (exact) mass is 271 g/mol. The maximum Gasteiger partial charge on any atom is 0.191 e. The van der Waals surface area contributed by atoms with E-state index in [1.54, 1.807) is 0 Å². The SMILES string of the molecule is CC(C)CSCCCN=C(N)N1CCCC(C)C1. The zero-order chi connectivity index (χ0) is 13.4. The van der Waals surface area contributed by atoms with Gasteiger partial charge in [-0.1, -0.05) is 20.8 Å². The summed E-state index contributed by atoms with van der Waals surface area (Å²) in [5.74, 6) is 4.76. The Morgan fingerprint density at radius 1 is 1.50 bits per heavy atom. The molecule has 4 heteroatoms. The lowest BCUT2D eigenvalue weighted by Crippen LogP contribution is -2.43. The Hall–Kier alpha value is -0.380. The second kappa shape index (κ2) is 8.68. The molecule has 1 heterocycles. The summed E-state index contributed by atoms with van der Waals surface area (Å²) >= 11 is 2.03. The molecule has 0 aromatic carbocycles. The molecule has 3 nitrogen and oxygen atoms in total. The van der Waals surface area contributed by atoms with Crippen molar-refractivity contribution in [1.29, 1.82) is 0 Å². The molecule has 0 amide bonds. The molecule has 1 fully saturated rings. The van der Waals surface area contributed by atoms with Crippen LogP contribution in [0.5, 0.6) is 0 Å². The molecule has 2 N–H and O–H groups in total. The lowest BCUT2D eigenvalue weighted by molar-refractivity contribution is 0.270. The van der Waals surface area contributed by atoms with Gasteiger partial charge in [0, 0.05) is 19.6 Å². The second-order valence-electron chi connectivity index (χ2n) is 5.76. The number of likely N-dealkylation sites (tertiary alicyclic amines) is 1. The lowest BCUT2D eigenvalue weighted by atomic mass is 10.0. The fourth-order valence-electron chi connectivity index (χ4n) is 2.18. The van der Waals surface area contributed by atoms with Gasteiger partial charge in [-0.2, -0.15) is 11.8 Å². The smallest absolute Gasteiger partial charge is 0.191 e. The summed E-state index contributed by atoms with van der Waals surface area (Å²) in [4.78, 5) is 6.75. The molecular formula is C14H29N3S. The molecule has 106 valence electrons. The highest BCUT2D eigenvalue weighted by Gasteiger charge is 2.17. The average molecular weight is 271 g/mol. The average Bonchev–Trinajstić information content (AvgIpc) is 2.33. The van der Waals surface area contributed by atoms with Crippen molar-refractivity contribution in [2.75, 3.05) is 31.1 Å². The van der Waals surface area contributed by atoms with Crippen LogP contribution in [0.1, 0.15) is 40.0 Å². The first-order chi connectivity index (χ1) is 8.59. The number of thioether (sulfide) groups is 1. The van der Waals surface area contributed by atoms with Gasteiger partial charge in [0.1, 0.15) is 0 Å². The van der Waals surface area contributed by atoms with E-state index in [9.17, 15) is 0 Å². The van der Waals surface area contributed by atoms with Gasteiger partial charge >= 0.3 is 0 Å². The molecule has 0 saturated carbocycles. The van der Waals surface area contributed by atoms with Gasteiger partial charge in [0.05, 0.1) is 0 Å². The standard InChI is InChI=1S/C14H29N3S/c1-12(2)11-18-9-5-7-16-14(15)17-8-4-6-13(3)10-17/h12-13H,4-11H2,1-3H3,(H2,15,16). The molecule has 0 aromatic heterocycles. The number of aliphatic imine (C=N–C) groups is 1. The highest BCUT2D eigenvalue weighted by atomic mass is 32.2. The quantitative estimate of drug-likeness (QED) is 0.459. The molecule has 0 radical (unpaired) electrons. The van der Waals surface area contributed by atoms with E-state index in [0.717, 1.165) is 43.9 Å². The van der Waals surface area contributed by atoms with Crippen molar-refractivity contribution in [2.45, 2.75) is 40.0 Å². The minimum atomic E-state index is 0.758. The summed E-state index contributed by atoms with van der Waals surface area (Å²) in [5, 5.41) is 0. The highest BCUT2D eigenvalue weighted by Crippen LogP contribution is 2.15. The summed E-state index contributed by atoms with van der Waals surface area (Å²) in [6, 6.07) is 0. The molecule has 0 aromatic rings. The Labute approximate surface area is 117 Å². The van der Waals surface area contributed by atoms with Crippen molar-refractivity contribution in [2.24, 2.45) is 22.6 Å². The first-order valence-electron chi connectivity index (χ1n) is 7.22. The van der Waals surface area contributed by atoms with E-state index in [1.165, 1.54) is 24.3 Å². The molecule has 1 unspecified atom stereocenters. The molecule has 0 aliphatic carbocycles. The third kappa shape index (κ3) is 6.53. The van der Waals surface area contributed by atoms with Crippen LogP contribution in [0.25, 0.3) is 0 Å². The van der Waals surface area contributed by atoms with Crippen molar-refractivity contribution < 1.29 is 0 Å². The van der Waals surface area contributed by atoms with Gasteiger partial charge in [-0.3, -0.25) is 4.99 Å². The Kier molecular flexibility index (Phi) is 7.56. The predicted molar refractivity (Wildman–Crippen MR) is 83.2 cm³/mol. The minimum Gasteiger partial charge on any atom is -0.370 e. The summed E-state index contributed by atoms with van der Waals surface area (Å²) in [6.45, 7) is 9.87. The lowest BCUT2D eigenvalue weighted by Gasteiger charge is -2.31. The predicted octanol–water partition coefficient (Wildman–Crippen LogP) is 2.81. The minimum absolute atomic E-state index is 0.758. The van der Waals surface area contributed by atoms with Crippen LogP contribution in [0.15, 0.2) is 4.99 Å². The van der Waals surface area contributed by atoms with Crippen LogP contribution in [0.3, 0.4) is 0 Å². The van der Waals surface area contributed by atoms with Crippen molar-refractivity contribution in [3.8, 4) is 0 Å². The van der Waals surface area contributed by atoms with Crippen LogP contribution in [-0.2, 0) is 0 Å².